The molecule has 2 aliphatic rings. The Kier molecular flexibility index (Phi) is 2.81. The molecule has 0 saturated heterocycles. The molecule has 3 unspecified atom stereocenters. The minimum Gasteiger partial charge on any atom is -0.385 e. The minimum absolute atomic E-state index is 0.145. The zero-order valence-corrected chi connectivity index (χ0v) is 10.4. The van der Waals surface area contributed by atoms with E-state index in [0.717, 1.165) is 35.5 Å². The van der Waals surface area contributed by atoms with Crippen LogP contribution in [0, 0.1) is 30.5 Å². The summed E-state index contributed by atoms with van der Waals surface area (Å²) in [6.45, 7) is 3.03. The summed E-state index contributed by atoms with van der Waals surface area (Å²) in [5.74, 6) is 2.65. The van der Waals surface area contributed by atoms with Crippen molar-refractivity contribution in [1.29, 1.82) is 0 Å². The maximum atomic E-state index is 13.0. The lowest BCUT2D eigenvalue weighted by molar-refractivity contribution is 0.348. The smallest absolute Gasteiger partial charge is 0.123 e. The van der Waals surface area contributed by atoms with E-state index in [1.165, 1.54) is 31.7 Å². The molecule has 2 bridgehead atoms. The van der Waals surface area contributed by atoms with Gasteiger partial charge in [-0.1, -0.05) is 6.42 Å². The second-order valence-corrected chi connectivity index (χ2v) is 5.78. The van der Waals surface area contributed by atoms with Crippen LogP contribution in [-0.2, 0) is 0 Å². The van der Waals surface area contributed by atoms with Crippen LogP contribution in [-0.4, -0.2) is 6.54 Å². The molecule has 0 radical (unpaired) electrons. The van der Waals surface area contributed by atoms with Gasteiger partial charge in [0.2, 0.25) is 0 Å². The first kappa shape index (κ1) is 11.1. The zero-order chi connectivity index (χ0) is 11.8. The third kappa shape index (κ3) is 2.18. The monoisotopic (exact) mass is 233 g/mol. The number of nitrogens with one attached hydrogen (secondary N) is 1. The average Bonchev–Trinajstić information content (AvgIpc) is 2.89. The fraction of sp³-hybridized carbons (Fsp3) is 0.600. The molecule has 0 spiro atoms. The summed E-state index contributed by atoms with van der Waals surface area (Å²) >= 11 is 0. The van der Waals surface area contributed by atoms with Gasteiger partial charge < -0.3 is 5.32 Å². The Morgan fingerprint density at radius 2 is 2.18 bits per heavy atom. The van der Waals surface area contributed by atoms with Gasteiger partial charge >= 0.3 is 0 Å². The average molecular weight is 233 g/mol. The lowest BCUT2D eigenvalue weighted by Crippen LogP contribution is -2.20. The summed E-state index contributed by atoms with van der Waals surface area (Å²) in [6.07, 6.45) is 5.74. The van der Waals surface area contributed by atoms with Gasteiger partial charge in [0.15, 0.2) is 0 Å². The molecule has 1 aromatic carbocycles. The van der Waals surface area contributed by atoms with Crippen molar-refractivity contribution < 1.29 is 4.39 Å². The summed E-state index contributed by atoms with van der Waals surface area (Å²) in [7, 11) is 0. The van der Waals surface area contributed by atoms with Crippen molar-refractivity contribution in [3.05, 3.63) is 29.6 Å². The molecule has 0 aliphatic heterocycles. The first-order chi connectivity index (χ1) is 8.22. The molecular formula is C15H20FN. The van der Waals surface area contributed by atoms with Gasteiger partial charge in [0.25, 0.3) is 0 Å². The minimum atomic E-state index is -0.145. The van der Waals surface area contributed by atoms with Crippen LogP contribution in [0.2, 0.25) is 0 Å². The molecule has 1 nitrogen and oxygen atoms in total. The molecule has 0 heterocycles. The molecule has 2 aliphatic carbocycles. The van der Waals surface area contributed by atoms with Crippen molar-refractivity contribution in [2.75, 3.05) is 11.9 Å². The summed E-state index contributed by atoms with van der Waals surface area (Å²) in [4.78, 5) is 0. The molecule has 2 saturated carbocycles. The molecule has 2 heteroatoms. The molecule has 1 N–H and O–H groups in total. The molecule has 0 aromatic heterocycles. The Bertz CT molecular complexity index is 415. The molecule has 2 fully saturated rings. The molecular weight excluding hydrogens is 213 g/mol. The van der Waals surface area contributed by atoms with E-state index < -0.39 is 0 Å². The number of hydrogen-bond acceptors (Lipinski definition) is 1. The Labute approximate surface area is 102 Å². The number of benzene rings is 1. The fourth-order valence-corrected chi connectivity index (χ4v) is 3.69. The molecule has 0 amide bonds. The van der Waals surface area contributed by atoms with E-state index >= 15 is 0 Å². The van der Waals surface area contributed by atoms with Gasteiger partial charge in [0, 0.05) is 12.2 Å². The Hall–Kier alpha value is -1.05. The summed E-state index contributed by atoms with van der Waals surface area (Å²) in [5.41, 5.74) is 2.10. The molecule has 3 rings (SSSR count). The molecule has 1 aromatic rings. The van der Waals surface area contributed by atoms with Gasteiger partial charge in [0.1, 0.15) is 5.82 Å². The number of anilines is 1. The summed E-state index contributed by atoms with van der Waals surface area (Å²) < 4.78 is 13.0. The Morgan fingerprint density at radius 3 is 2.82 bits per heavy atom. The lowest BCUT2D eigenvalue weighted by Gasteiger charge is -2.22. The number of rotatable bonds is 3. The predicted octanol–water partition coefficient (Wildman–Crippen LogP) is 3.98. The Morgan fingerprint density at radius 1 is 1.29 bits per heavy atom. The third-order valence-electron chi connectivity index (χ3n) is 4.63. The number of hydrogen-bond donors (Lipinski definition) is 1. The van der Waals surface area contributed by atoms with Crippen LogP contribution in [0.3, 0.4) is 0 Å². The van der Waals surface area contributed by atoms with Crippen LogP contribution in [0.25, 0.3) is 0 Å². The van der Waals surface area contributed by atoms with E-state index in [2.05, 4.69) is 5.32 Å². The first-order valence-corrected chi connectivity index (χ1v) is 6.72. The second kappa shape index (κ2) is 4.32. The number of aryl methyl sites for hydroxylation is 1. The van der Waals surface area contributed by atoms with E-state index in [4.69, 9.17) is 0 Å². The van der Waals surface area contributed by atoms with Gasteiger partial charge in [-0.2, -0.15) is 0 Å². The van der Waals surface area contributed by atoms with Crippen LogP contribution in [0.5, 0.6) is 0 Å². The van der Waals surface area contributed by atoms with Crippen LogP contribution in [0.1, 0.15) is 31.2 Å². The van der Waals surface area contributed by atoms with Crippen molar-refractivity contribution in [1.82, 2.24) is 0 Å². The lowest BCUT2D eigenvalue weighted by atomic mass is 9.89. The Balaban J connectivity index is 1.60. The van der Waals surface area contributed by atoms with Crippen LogP contribution in [0.15, 0.2) is 18.2 Å². The van der Waals surface area contributed by atoms with Crippen LogP contribution < -0.4 is 5.32 Å². The van der Waals surface area contributed by atoms with Gasteiger partial charge in [-0.15, -0.1) is 0 Å². The molecule has 3 atom stereocenters. The highest BCUT2D eigenvalue weighted by Crippen LogP contribution is 2.48. The largest absolute Gasteiger partial charge is 0.385 e. The second-order valence-electron chi connectivity index (χ2n) is 5.78. The van der Waals surface area contributed by atoms with Crippen LogP contribution >= 0.6 is 0 Å². The van der Waals surface area contributed by atoms with E-state index in [1.807, 2.05) is 13.0 Å². The van der Waals surface area contributed by atoms with Crippen molar-refractivity contribution in [3.63, 3.8) is 0 Å². The molecule has 92 valence electrons. The SMILES string of the molecule is Cc1cc(F)ccc1NCC1CC2CCC1C2. The van der Waals surface area contributed by atoms with Crippen molar-refractivity contribution in [2.45, 2.75) is 32.6 Å². The standard InChI is InChI=1S/C15H20FN/c1-10-6-14(16)4-5-15(10)17-9-13-8-11-2-3-12(13)7-11/h4-6,11-13,17H,2-3,7-9H2,1H3. The van der Waals surface area contributed by atoms with E-state index in [9.17, 15) is 4.39 Å². The maximum absolute atomic E-state index is 13.0. The van der Waals surface area contributed by atoms with Gasteiger partial charge in [0.05, 0.1) is 0 Å². The highest BCUT2D eigenvalue weighted by atomic mass is 19.1. The summed E-state index contributed by atoms with van der Waals surface area (Å²) in [5, 5.41) is 3.50. The number of fused-ring (bicyclic) bond motifs is 2. The van der Waals surface area contributed by atoms with Crippen molar-refractivity contribution in [2.24, 2.45) is 17.8 Å². The maximum Gasteiger partial charge on any atom is 0.123 e. The molecule has 17 heavy (non-hydrogen) atoms. The normalized spacial score (nSPS) is 30.8. The number of halogens is 1. The van der Waals surface area contributed by atoms with E-state index in [0.29, 0.717) is 0 Å². The van der Waals surface area contributed by atoms with Gasteiger partial charge in [-0.25, -0.2) is 4.39 Å². The van der Waals surface area contributed by atoms with E-state index in [-0.39, 0.29) is 5.82 Å². The van der Waals surface area contributed by atoms with Crippen molar-refractivity contribution in [3.8, 4) is 0 Å². The van der Waals surface area contributed by atoms with Crippen molar-refractivity contribution >= 4 is 5.69 Å². The van der Waals surface area contributed by atoms with E-state index in [1.54, 1.807) is 6.07 Å². The predicted molar refractivity (Wildman–Crippen MR) is 68.6 cm³/mol. The first-order valence-electron chi connectivity index (χ1n) is 6.72. The van der Waals surface area contributed by atoms with Crippen LogP contribution in [0.4, 0.5) is 10.1 Å². The highest BCUT2D eigenvalue weighted by molar-refractivity contribution is 5.50. The third-order valence-corrected chi connectivity index (χ3v) is 4.63. The highest BCUT2D eigenvalue weighted by Gasteiger charge is 2.38. The van der Waals surface area contributed by atoms with Gasteiger partial charge in [-0.05, 0) is 67.7 Å². The quantitative estimate of drug-likeness (QED) is 0.832. The topological polar surface area (TPSA) is 12.0 Å². The zero-order valence-electron chi connectivity index (χ0n) is 10.4. The summed E-state index contributed by atoms with van der Waals surface area (Å²) in [6, 6.07) is 5.00. The fourth-order valence-electron chi connectivity index (χ4n) is 3.69. The van der Waals surface area contributed by atoms with Gasteiger partial charge in [-0.3, -0.25) is 0 Å².